The molecule has 0 saturated carbocycles. The maximum atomic E-state index is 13.0. The Bertz CT molecular complexity index is 960. The van der Waals surface area contributed by atoms with Crippen molar-refractivity contribution in [3.05, 3.63) is 65.4 Å². The lowest BCUT2D eigenvalue weighted by molar-refractivity contribution is -0.117. The average molecular weight is 404 g/mol. The summed E-state index contributed by atoms with van der Waals surface area (Å²) in [6.07, 6.45) is 1.58. The van der Waals surface area contributed by atoms with Crippen LogP contribution < -0.4 is 10.1 Å². The zero-order valence-electron chi connectivity index (χ0n) is 15.4. The van der Waals surface area contributed by atoms with Gasteiger partial charge in [0.25, 0.3) is 0 Å². The topological polar surface area (TPSA) is 67.6 Å². The van der Waals surface area contributed by atoms with Gasteiger partial charge in [-0.05, 0) is 49.5 Å². The van der Waals surface area contributed by atoms with Gasteiger partial charge in [-0.15, -0.1) is 0 Å². The lowest BCUT2D eigenvalue weighted by Crippen LogP contribution is -2.30. The van der Waals surface area contributed by atoms with Crippen molar-refractivity contribution in [1.29, 1.82) is 0 Å². The summed E-state index contributed by atoms with van der Waals surface area (Å²) in [5, 5.41) is 3.28. The SMILES string of the molecule is COc1ccc(Cl)cc1NC(=O)CN(C)Cc1ncc(-c2ccc(F)cc2)o1. The summed E-state index contributed by atoms with van der Waals surface area (Å²) in [6.45, 7) is 0.450. The minimum Gasteiger partial charge on any atom is -0.495 e. The summed E-state index contributed by atoms with van der Waals surface area (Å²) in [5.41, 5.74) is 1.23. The number of rotatable bonds is 7. The number of likely N-dealkylation sites (N-methyl/N-ethyl adjacent to an activating group) is 1. The zero-order valence-corrected chi connectivity index (χ0v) is 16.2. The molecule has 0 saturated heterocycles. The Morgan fingerprint density at radius 2 is 2.04 bits per heavy atom. The van der Waals surface area contributed by atoms with Crippen LogP contribution in [0.2, 0.25) is 5.02 Å². The first-order chi connectivity index (χ1) is 13.4. The molecule has 0 bridgehead atoms. The Labute approximate surface area is 166 Å². The highest BCUT2D eigenvalue weighted by atomic mass is 35.5. The molecule has 0 atom stereocenters. The smallest absolute Gasteiger partial charge is 0.238 e. The van der Waals surface area contributed by atoms with Crippen molar-refractivity contribution in [3.8, 4) is 17.1 Å². The molecule has 1 amide bonds. The number of ether oxygens (including phenoxy) is 1. The first-order valence-corrected chi connectivity index (χ1v) is 8.85. The highest BCUT2D eigenvalue weighted by Gasteiger charge is 2.14. The Balaban J connectivity index is 1.58. The molecule has 8 heteroatoms. The molecule has 0 spiro atoms. The number of amides is 1. The number of benzene rings is 2. The highest BCUT2D eigenvalue weighted by Crippen LogP contribution is 2.27. The van der Waals surface area contributed by atoms with E-state index in [1.54, 1.807) is 48.5 Å². The lowest BCUT2D eigenvalue weighted by Gasteiger charge is -2.15. The number of hydrogen-bond donors (Lipinski definition) is 1. The van der Waals surface area contributed by atoms with Crippen LogP contribution in [0.15, 0.2) is 53.1 Å². The van der Waals surface area contributed by atoms with Crippen molar-refractivity contribution < 1.29 is 18.3 Å². The Hall–Kier alpha value is -2.90. The van der Waals surface area contributed by atoms with Crippen LogP contribution in [-0.2, 0) is 11.3 Å². The standard InChI is InChI=1S/C20H19ClFN3O3/c1-25(11-19(26)24-16-9-14(21)5-8-17(16)27-2)12-20-23-10-18(28-20)13-3-6-15(22)7-4-13/h3-10H,11-12H2,1-2H3,(H,24,26). The third-order valence-corrected chi connectivity index (χ3v) is 4.17. The number of methoxy groups -OCH3 is 1. The van der Waals surface area contributed by atoms with Crippen molar-refractivity contribution in [1.82, 2.24) is 9.88 Å². The summed E-state index contributed by atoms with van der Waals surface area (Å²) in [5.74, 6) is 0.975. The van der Waals surface area contributed by atoms with Gasteiger partial charge in [0.1, 0.15) is 11.6 Å². The molecule has 0 radical (unpaired) electrons. The van der Waals surface area contributed by atoms with Gasteiger partial charge < -0.3 is 14.5 Å². The van der Waals surface area contributed by atoms with Gasteiger partial charge in [-0.25, -0.2) is 9.37 Å². The van der Waals surface area contributed by atoms with Crippen molar-refractivity contribution in [2.24, 2.45) is 0 Å². The molecular weight excluding hydrogens is 385 g/mol. The minimum atomic E-state index is -0.314. The maximum absolute atomic E-state index is 13.0. The number of hydrogen-bond acceptors (Lipinski definition) is 5. The molecule has 28 heavy (non-hydrogen) atoms. The van der Waals surface area contributed by atoms with E-state index in [9.17, 15) is 9.18 Å². The molecule has 0 aliphatic carbocycles. The predicted octanol–water partition coefficient (Wildman–Crippen LogP) is 4.21. The van der Waals surface area contributed by atoms with E-state index >= 15 is 0 Å². The number of aromatic nitrogens is 1. The van der Waals surface area contributed by atoms with Gasteiger partial charge in [-0.2, -0.15) is 0 Å². The fourth-order valence-corrected chi connectivity index (χ4v) is 2.80. The van der Waals surface area contributed by atoms with Gasteiger partial charge in [0.2, 0.25) is 11.8 Å². The van der Waals surface area contributed by atoms with E-state index in [0.29, 0.717) is 34.7 Å². The van der Waals surface area contributed by atoms with E-state index in [0.717, 1.165) is 5.56 Å². The molecule has 6 nitrogen and oxygen atoms in total. The van der Waals surface area contributed by atoms with E-state index in [4.69, 9.17) is 20.8 Å². The van der Waals surface area contributed by atoms with Crippen molar-refractivity contribution in [2.75, 3.05) is 26.0 Å². The zero-order chi connectivity index (χ0) is 20.1. The third kappa shape index (κ3) is 5.09. The van der Waals surface area contributed by atoms with Crippen molar-refractivity contribution in [2.45, 2.75) is 6.54 Å². The van der Waals surface area contributed by atoms with Gasteiger partial charge in [-0.3, -0.25) is 9.69 Å². The fraction of sp³-hybridized carbons (Fsp3) is 0.200. The largest absolute Gasteiger partial charge is 0.495 e. The molecule has 0 aliphatic rings. The van der Waals surface area contributed by atoms with Crippen LogP contribution in [0.1, 0.15) is 5.89 Å². The number of anilines is 1. The van der Waals surface area contributed by atoms with Crippen LogP contribution in [0.3, 0.4) is 0 Å². The summed E-state index contributed by atoms with van der Waals surface area (Å²) in [6, 6.07) is 11.0. The summed E-state index contributed by atoms with van der Waals surface area (Å²) in [4.78, 5) is 18.3. The Morgan fingerprint density at radius 1 is 1.29 bits per heavy atom. The van der Waals surface area contributed by atoms with E-state index in [1.807, 2.05) is 0 Å². The van der Waals surface area contributed by atoms with Crippen LogP contribution in [0.5, 0.6) is 5.75 Å². The summed E-state index contributed by atoms with van der Waals surface area (Å²) >= 11 is 5.97. The number of carbonyl (C=O) groups is 1. The first-order valence-electron chi connectivity index (χ1n) is 8.47. The molecule has 3 aromatic rings. The lowest BCUT2D eigenvalue weighted by atomic mass is 10.2. The molecule has 1 N–H and O–H groups in total. The average Bonchev–Trinajstić information content (AvgIpc) is 3.10. The minimum absolute atomic E-state index is 0.115. The van der Waals surface area contributed by atoms with Gasteiger partial charge in [0, 0.05) is 10.6 Å². The number of carbonyl (C=O) groups excluding carboxylic acids is 1. The molecule has 146 valence electrons. The first kappa shape index (κ1) is 19.9. The number of nitrogens with one attached hydrogen (secondary N) is 1. The van der Waals surface area contributed by atoms with Crippen LogP contribution >= 0.6 is 11.6 Å². The maximum Gasteiger partial charge on any atom is 0.238 e. The summed E-state index contributed by atoms with van der Waals surface area (Å²) < 4.78 is 23.9. The number of nitrogens with zero attached hydrogens (tertiary/aromatic N) is 2. The highest BCUT2D eigenvalue weighted by molar-refractivity contribution is 6.31. The molecule has 1 aromatic heterocycles. The molecular formula is C20H19ClFN3O3. The Kier molecular flexibility index (Phi) is 6.28. The predicted molar refractivity (Wildman–Crippen MR) is 105 cm³/mol. The van der Waals surface area contributed by atoms with Crippen molar-refractivity contribution in [3.63, 3.8) is 0 Å². The van der Waals surface area contributed by atoms with Crippen LogP contribution in [0.4, 0.5) is 10.1 Å². The molecule has 0 fully saturated rings. The fourth-order valence-electron chi connectivity index (χ4n) is 2.63. The summed E-state index contributed by atoms with van der Waals surface area (Å²) in [7, 11) is 3.29. The molecule has 3 rings (SSSR count). The van der Waals surface area contributed by atoms with Gasteiger partial charge >= 0.3 is 0 Å². The van der Waals surface area contributed by atoms with Crippen molar-refractivity contribution >= 4 is 23.2 Å². The van der Waals surface area contributed by atoms with E-state index in [2.05, 4.69) is 10.3 Å². The second kappa shape index (κ2) is 8.86. The Morgan fingerprint density at radius 3 is 2.75 bits per heavy atom. The number of oxazole rings is 1. The number of halogens is 2. The molecule has 1 heterocycles. The second-order valence-corrected chi connectivity index (χ2v) is 6.63. The van der Waals surface area contributed by atoms with E-state index in [1.165, 1.54) is 19.2 Å². The monoisotopic (exact) mass is 403 g/mol. The van der Waals surface area contributed by atoms with Crippen LogP contribution in [0, 0.1) is 5.82 Å². The van der Waals surface area contributed by atoms with Crippen LogP contribution in [-0.4, -0.2) is 36.5 Å². The molecule has 2 aromatic carbocycles. The third-order valence-electron chi connectivity index (χ3n) is 3.94. The molecule has 0 aliphatic heterocycles. The molecule has 0 unspecified atom stereocenters. The van der Waals surface area contributed by atoms with Gasteiger partial charge in [-0.1, -0.05) is 11.6 Å². The van der Waals surface area contributed by atoms with E-state index in [-0.39, 0.29) is 18.3 Å². The van der Waals surface area contributed by atoms with Crippen LogP contribution in [0.25, 0.3) is 11.3 Å². The normalized spacial score (nSPS) is 10.9. The van der Waals surface area contributed by atoms with Gasteiger partial charge in [0.05, 0.1) is 32.1 Å². The van der Waals surface area contributed by atoms with E-state index < -0.39 is 0 Å². The van der Waals surface area contributed by atoms with Gasteiger partial charge in [0.15, 0.2) is 5.76 Å². The quantitative estimate of drug-likeness (QED) is 0.640. The second-order valence-electron chi connectivity index (χ2n) is 6.19.